The van der Waals surface area contributed by atoms with Gasteiger partial charge >= 0.3 is 0 Å². The van der Waals surface area contributed by atoms with E-state index >= 15 is 0 Å². The van der Waals surface area contributed by atoms with Gasteiger partial charge in [0.2, 0.25) is 0 Å². The fraction of sp³-hybridized carbons (Fsp3) is 0.357. The zero-order chi connectivity index (χ0) is 11.7. The monoisotopic (exact) mass is 216 g/mol. The molecule has 2 rings (SSSR count). The third kappa shape index (κ3) is 1.75. The molecule has 0 fully saturated rings. The fourth-order valence-electron chi connectivity index (χ4n) is 2.10. The Morgan fingerprint density at radius 2 is 1.94 bits per heavy atom. The summed E-state index contributed by atoms with van der Waals surface area (Å²) in [5.41, 5.74) is 2.53. The van der Waals surface area contributed by atoms with Gasteiger partial charge in [-0.15, -0.1) is 0 Å². The molecule has 0 aromatic heterocycles. The average Bonchev–Trinajstić information content (AvgIpc) is 2.29. The van der Waals surface area contributed by atoms with Gasteiger partial charge in [-0.05, 0) is 18.4 Å². The summed E-state index contributed by atoms with van der Waals surface area (Å²) in [5.74, 6) is 0.190. The first-order valence-corrected chi connectivity index (χ1v) is 5.66. The van der Waals surface area contributed by atoms with Crippen LogP contribution >= 0.6 is 0 Å². The predicted octanol–water partition coefficient (Wildman–Crippen LogP) is 3.13. The lowest BCUT2D eigenvalue weighted by atomic mass is 9.86. The Labute approximate surface area is 95.6 Å². The molecule has 0 aliphatic heterocycles. The molecule has 84 valence electrons. The Balaban J connectivity index is 2.47. The van der Waals surface area contributed by atoms with Gasteiger partial charge in [0.1, 0.15) is 5.76 Å². The molecule has 2 nitrogen and oxygen atoms in total. The number of allylic oxidation sites excluding steroid dienone is 1. The molecule has 0 bridgehead atoms. The van der Waals surface area contributed by atoms with Crippen LogP contribution < -0.4 is 0 Å². The van der Waals surface area contributed by atoms with Gasteiger partial charge in [-0.1, -0.05) is 38.1 Å². The average molecular weight is 216 g/mol. The molecule has 1 aliphatic carbocycles. The minimum atomic E-state index is -0.0533. The van der Waals surface area contributed by atoms with E-state index < -0.39 is 0 Å². The first kappa shape index (κ1) is 10.9. The standard InChI is InChI=1S/C14H16O2/c1-9(2)13(15)12-8-7-10-5-3-4-6-11(10)14(12)16/h3-6,9,16H,7-8H2,1-2H3. The predicted molar refractivity (Wildman–Crippen MR) is 64.2 cm³/mol. The highest BCUT2D eigenvalue weighted by atomic mass is 16.3. The molecule has 2 heteroatoms. The minimum Gasteiger partial charge on any atom is -0.507 e. The van der Waals surface area contributed by atoms with Crippen LogP contribution in [0.25, 0.3) is 5.76 Å². The van der Waals surface area contributed by atoms with E-state index in [2.05, 4.69) is 0 Å². The van der Waals surface area contributed by atoms with Crippen molar-refractivity contribution >= 4 is 11.5 Å². The number of ketones is 1. The van der Waals surface area contributed by atoms with Crippen molar-refractivity contribution < 1.29 is 9.90 Å². The smallest absolute Gasteiger partial charge is 0.165 e. The minimum absolute atomic E-state index is 0.0533. The second-order valence-electron chi connectivity index (χ2n) is 4.50. The summed E-state index contributed by atoms with van der Waals surface area (Å²) in [6.07, 6.45) is 1.49. The number of hydrogen-bond donors (Lipinski definition) is 1. The van der Waals surface area contributed by atoms with Crippen molar-refractivity contribution in [2.45, 2.75) is 26.7 Å². The van der Waals surface area contributed by atoms with Crippen LogP contribution in [0.5, 0.6) is 0 Å². The van der Waals surface area contributed by atoms with Crippen LogP contribution in [0.15, 0.2) is 29.8 Å². The van der Waals surface area contributed by atoms with Crippen LogP contribution in [0.2, 0.25) is 0 Å². The van der Waals surface area contributed by atoms with Crippen molar-refractivity contribution in [1.82, 2.24) is 0 Å². The summed E-state index contributed by atoms with van der Waals surface area (Å²) in [4.78, 5) is 11.9. The molecule has 0 heterocycles. The van der Waals surface area contributed by atoms with Crippen molar-refractivity contribution in [1.29, 1.82) is 0 Å². The van der Waals surface area contributed by atoms with Crippen LogP contribution in [0.1, 0.15) is 31.4 Å². The zero-order valence-electron chi connectivity index (χ0n) is 9.66. The molecule has 1 aliphatic rings. The van der Waals surface area contributed by atoms with E-state index in [9.17, 15) is 9.90 Å². The van der Waals surface area contributed by atoms with Crippen molar-refractivity contribution in [2.75, 3.05) is 0 Å². The molecule has 0 saturated carbocycles. The van der Waals surface area contributed by atoms with E-state index in [0.717, 1.165) is 17.5 Å². The van der Waals surface area contributed by atoms with E-state index in [4.69, 9.17) is 0 Å². The van der Waals surface area contributed by atoms with Crippen LogP contribution in [-0.4, -0.2) is 10.9 Å². The van der Waals surface area contributed by atoms with Gasteiger partial charge in [0.05, 0.1) is 0 Å². The lowest BCUT2D eigenvalue weighted by molar-refractivity contribution is -0.118. The molecule has 0 unspecified atom stereocenters. The summed E-state index contributed by atoms with van der Waals surface area (Å²) in [6, 6.07) is 7.72. The highest BCUT2D eigenvalue weighted by Crippen LogP contribution is 2.30. The third-order valence-corrected chi connectivity index (χ3v) is 3.02. The summed E-state index contributed by atoms with van der Waals surface area (Å²) in [7, 11) is 0. The van der Waals surface area contributed by atoms with Gasteiger partial charge in [0.25, 0.3) is 0 Å². The maximum Gasteiger partial charge on any atom is 0.165 e. The molecule has 0 radical (unpaired) electrons. The summed E-state index contributed by atoms with van der Waals surface area (Å²) in [5, 5.41) is 10.1. The van der Waals surface area contributed by atoms with Crippen LogP contribution in [-0.2, 0) is 11.2 Å². The van der Waals surface area contributed by atoms with Crippen LogP contribution in [0.4, 0.5) is 0 Å². The van der Waals surface area contributed by atoms with Gasteiger partial charge in [-0.3, -0.25) is 4.79 Å². The van der Waals surface area contributed by atoms with Gasteiger partial charge in [0, 0.05) is 17.1 Å². The SMILES string of the molecule is CC(C)C(=O)C1=C(O)c2ccccc2CC1. The van der Waals surface area contributed by atoms with Crippen molar-refractivity contribution in [3.05, 3.63) is 41.0 Å². The molecule has 1 aromatic carbocycles. The Kier molecular flexibility index (Phi) is 2.82. The number of aliphatic hydroxyl groups is 1. The first-order valence-electron chi connectivity index (χ1n) is 5.66. The number of benzene rings is 1. The molecule has 0 spiro atoms. The highest BCUT2D eigenvalue weighted by molar-refractivity contribution is 6.03. The number of fused-ring (bicyclic) bond motifs is 1. The van der Waals surface area contributed by atoms with E-state index in [-0.39, 0.29) is 17.5 Å². The molecular formula is C14H16O2. The lowest BCUT2D eigenvalue weighted by Gasteiger charge is -2.19. The third-order valence-electron chi connectivity index (χ3n) is 3.02. The van der Waals surface area contributed by atoms with E-state index in [1.807, 2.05) is 38.1 Å². The number of hydrogen-bond acceptors (Lipinski definition) is 2. The molecule has 16 heavy (non-hydrogen) atoms. The van der Waals surface area contributed by atoms with Gasteiger partial charge < -0.3 is 5.11 Å². The maximum absolute atomic E-state index is 11.9. The second kappa shape index (κ2) is 4.12. The topological polar surface area (TPSA) is 37.3 Å². The van der Waals surface area contributed by atoms with Crippen molar-refractivity contribution in [2.24, 2.45) is 5.92 Å². The number of rotatable bonds is 2. The first-order chi connectivity index (χ1) is 7.61. The second-order valence-corrected chi connectivity index (χ2v) is 4.50. The normalized spacial score (nSPS) is 15.2. The number of carbonyl (C=O) groups is 1. The van der Waals surface area contributed by atoms with E-state index in [1.165, 1.54) is 0 Å². The quantitative estimate of drug-likeness (QED) is 0.824. The molecular weight excluding hydrogens is 200 g/mol. The number of carbonyl (C=O) groups excluding carboxylic acids is 1. The number of Topliss-reactive ketones (excluding diaryl/α,β-unsaturated/α-hetero) is 1. The Bertz CT molecular complexity index is 456. The molecule has 0 atom stereocenters. The summed E-state index contributed by atoms with van der Waals surface area (Å²) in [6.45, 7) is 3.73. The Morgan fingerprint density at radius 1 is 1.25 bits per heavy atom. The Hall–Kier alpha value is -1.57. The summed E-state index contributed by atoms with van der Waals surface area (Å²) >= 11 is 0. The van der Waals surface area contributed by atoms with Crippen molar-refractivity contribution in [3.8, 4) is 0 Å². The molecule has 1 aromatic rings. The van der Waals surface area contributed by atoms with Gasteiger partial charge in [-0.25, -0.2) is 0 Å². The largest absolute Gasteiger partial charge is 0.507 e. The van der Waals surface area contributed by atoms with Gasteiger partial charge in [0.15, 0.2) is 5.78 Å². The Morgan fingerprint density at radius 3 is 2.62 bits per heavy atom. The lowest BCUT2D eigenvalue weighted by Crippen LogP contribution is -2.16. The summed E-state index contributed by atoms with van der Waals surface area (Å²) < 4.78 is 0. The van der Waals surface area contributed by atoms with Gasteiger partial charge in [-0.2, -0.15) is 0 Å². The zero-order valence-corrected chi connectivity index (χ0v) is 9.66. The van der Waals surface area contributed by atoms with Crippen LogP contribution in [0.3, 0.4) is 0 Å². The van der Waals surface area contributed by atoms with Crippen LogP contribution in [0, 0.1) is 5.92 Å². The van der Waals surface area contributed by atoms with E-state index in [1.54, 1.807) is 0 Å². The van der Waals surface area contributed by atoms with E-state index in [0.29, 0.717) is 12.0 Å². The number of aryl methyl sites for hydroxylation is 1. The molecule has 0 saturated heterocycles. The highest BCUT2D eigenvalue weighted by Gasteiger charge is 2.24. The molecule has 0 amide bonds. The number of aliphatic hydroxyl groups excluding tert-OH is 1. The molecule has 1 N–H and O–H groups in total. The maximum atomic E-state index is 11.9. The fourth-order valence-corrected chi connectivity index (χ4v) is 2.10. The van der Waals surface area contributed by atoms with Crippen molar-refractivity contribution in [3.63, 3.8) is 0 Å².